The van der Waals surface area contributed by atoms with E-state index in [2.05, 4.69) is 16.3 Å². The van der Waals surface area contributed by atoms with Gasteiger partial charge in [-0.05, 0) is 36.5 Å². The predicted molar refractivity (Wildman–Crippen MR) is 66.7 cm³/mol. The van der Waals surface area contributed by atoms with Crippen molar-refractivity contribution in [2.24, 2.45) is 5.92 Å². The maximum absolute atomic E-state index is 4.59. The summed E-state index contributed by atoms with van der Waals surface area (Å²) in [7, 11) is 0. The van der Waals surface area contributed by atoms with Gasteiger partial charge in [0.2, 0.25) is 0 Å². The highest BCUT2D eigenvalue weighted by Crippen LogP contribution is 2.38. The predicted octanol–water partition coefficient (Wildman–Crippen LogP) is 3.94. The Balaban J connectivity index is 2.03. The maximum Gasteiger partial charge on any atom is 0.200 e. The Bertz CT molecular complexity index is 311. The van der Waals surface area contributed by atoms with Crippen LogP contribution in [0.1, 0.15) is 50.0 Å². The molecule has 4 heteroatoms. The van der Waals surface area contributed by atoms with Gasteiger partial charge in [-0.2, -0.15) is 4.37 Å². The van der Waals surface area contributed by atoms with E-state index in [4.69, 9.17) is 0 Å². The highest BCUT2D eigenvalue weighted by atomic mass is 32.2. The lowest BCUT2D eigenvalue weighted by Gasteiger charge is -2.26. The molecule has 1 aliphatic carbocycles. The van der Waals surface area contributed by atoms with Gasteiger partial charge in [-0.15, -0.1) is 0 Å². The molecule has 0 radical (unpaired) electrons. The third-order valence-corrected chi connectivity index (χ3v) is 4.85. The average Bonchev–Trinajstić information content (AvgIpc) is 2.78. The van der Waals surface area contributed by atoms with Gasteiger partial charge in [-0.3, -0.25) is 0 Å². The van der Waals surface area contributed by atoms with Crippen LogP contribution in [-0.2, 0) is 0 Å². The zero-order valence-electron chi connectivity index (χ0n) is 9.40. The quantitative estimate of drug-likeness (QED) is 0.751. The van der Waals surface area contributed by atoms with Crippen LogP contribution in [0.5, 0.6) is 0 Å². The van der Waals surface area contributed by atoms with Gasteiger partial charge < -0.3 is 0 Å². The highest BCUT2D eigenvalue weighted by molar-refractivity contribution is 7.98. The molecular formula is C11H18N2S2. The fourth-order valence-electron chi connectivity index (χ4n) is 2.36. The summed E-state index contributed by atoms with van der Waals surface area (Å²) in [5.41, 5.74) is 0. The zero-order valence-corrected chi connectivity index (χ0v) is 11.0. The smallest absolute Gasteiger partial charge is 0.200 e. The lowest BCUT2D eigenvalue weighted by Crippen LogP contribution is -2.13. The summed E-state index contributed by atoms with van der Waals surface area (Å²) in [4.78, 5) is 4.59. The van der Waals surface area contributed by atoms with Crippen molar-refractivity contribution in [1.29, 1.82) is 0 Å². The van der Waals surface area contributed by atoms with Crippen LogP contribution in [0.4, 0.5) is 0 Å². The maximum atomic E-state index is 4.59. The summed E-state index contributed by atoms with van der Waals surface area (Å²) in [6.45, 7) is 2.31. The summed E-state index contributed by atoms with van der Waals surface area (Å²) < 4.78 is 4.35. The third-order valence-electron chi connectivity index (χ3n) is 3.32. The van der Waals surface area contributed by atoms with E-state index in [-0.39, 0.29) is 0 Å². The lowest BCUT2D eigenvalue weighted by atomic mass is 9.80. The second-order valence-electron chi connectivity index (χ2n) is 4.26. The van der Waals surface area contributed by atoms with Crippen molar-refractivity contribution in [2.45, 2.75) is 50.1 Å². The van der Waals surface area contributed by atoms with Gasteiger partial charge in [0, 0.05) is 5.92 Å². The van der Waals surface area contributed by atoms with Crippen LogP contribution < -0.4 is 0 Å². The first kappa shape index (κ1) is 11.4. The van der Waals surface area contributed by atoms with Crippen LogP contribution in [0, 0.1) is 5.92 Å². The number of rotatable bonds is 3. The van der Waals surface area contributed by atoms with E-state index in [1.54, 1.807) is 23.3 Å². The standard InChI is InChI=1S/C11H18N2S2/c1-3-8-5-4-6-9(7-8)10-12-11(14-2)13-15-10/h8-9H,3-7H2,1-2H3. The van der Waals surface area contributed by atoms with E-state index in [0.717, 1.165) is 11.1 Å². The summed E-state index contributed by atoms with van der Waals surface area (Å²) in [6, 6.07) is 0. The Morgan fingerprint density at radius 3 is 3.00 bits per heavy atom. The molecule has 2 unspecified atom stereocenters. The first-order chi connectivity index (χ1) is 7.33. The lowest BCUT2D eigenvalue weighted by molar-refractivity contribution is 0.313. The summed E-state index contributed by atoms with van der Waals surface area (Å²) >= 11 is 3.26. The Morgan fingerprint density at radius 2 is 2.33 bits per heavy atom. The molecule has 2 nitrogen and oxygen atoms in total. The van der Waals surface area contributed by atoms with Gasteiger partial charge in [0.05, 0.1) is 0 Å². The van der Waals surface area contributed by atoms with Crippen LogP contribution >= 0.6 is 23.3 Å². The van der Waals surface area contributed by atoms with Crippen LogP contribution in [-0.4, -0.2) is 15.6 Å². The first-order valence-electron chi connectivity index (χ1n) is 5.71. The first-order valence-corrected chi connectivity index (χ1v) is 7.71. The fourth-order valence-corrected chi connectivity index (χ4v) is 3.72. The van der Waals surface area contributed by atoms with Gasteiger partial charge in [0.25, 0.3) is 0 Å². The molecule has 1 heterocycles. The molecule has 1 aromatic rings. The summed E-state index contributed by atoms with van der Waals surface area (Å²) in [6.07, 6.45) is 8.81. The third kappa shape index (κ3) is 2.72. The fraction of sp³-hybridized carbons (Fsp3) is 0.818. The normalized spacial score (nSPS) is 26.8. The molecule has 2 rings (SSSR count). The molecule has 15 heavy (non-hydrogen) atoms. The van der Waals surface area contributed by atoms with Crippen molar-refractivity contribution < 1.29 is 0 Å². The molecule has 1 fully saturated rings. The van der Waals surface area contributed by atoms with Crippen molar-refractivity contribution in [2.75, 3.05) is 6.26 Å². The molecule has 0 saturated heterocycles. The second kappa shape index (κ2) is 5.30. The zero-order chi connectivity index (χ0) is 10.7. The van der Waals surface area contributed by atoms with Crippen molar-refractivity contribution in [3.05, 3.63) is 5.01 Å². The Hall–Kier alpha value is -0.0900. The molecule has 1 aromatic heterocycles. The molecule has 2 atom stereocenters. The van der Waals surface area contributed by atoms with Crippen molar-refractivity contribution in [3.8, 4) is 0 Å². The molecule has 1 aliphatic rings. The van der Waals surface area contributed by atoms with Gasteiger partial charge in [0.1, 0.15) is 5.01 Å². The average molecular weight is 242 g/mol. The van der Waals surface area contributed by atoms with Crippen molar-refractivity contribution in [1.82, 2.24) is 9.36 Å². The minimum absolute atomic E-state index is 0.696. The van der Waals surface area contributed by atoms with E-state index >= 15 is 0 Å². The topological polar surface area (TPSA) is 25.8 Å². The molecule has 0 bridgehead atoms. The van der Waals surface area contributed by atoms with E-state index in [0.29, 0.717) is 5.92 Å². The highest BCUT2D eigenvalue weighted by Gasteiger charge is 2.24. The Kier molecular flexibility index (Phi) is 4.03. The number of aromatic nitrogens is 2. The molecule has 84 valence electrons. The SMILES string of the molecule is CCC1CCCC(c2nc(SC)ns2)C1. The van der Waals surface area contributed by atoms with E-state index in [1.165, 1.54) is 37.1 Å². The minimum Gasteiger partial charge on any atom is -0.214 e. The van der Waals surface area contributed by atoms with Crippen molar-refractivity contribution >= 4 is 23.3 Å². The van der Waals surface area contributed by atoms with Crippen molar-refractivity contribution in [3.63, 3.8) is 0 Å². The van der Waals surface area contributed by atoms with E-state index in [9.17, 15) is 0 Å². The largest absolute Gasteiger partial charge is 0.214 e. The number of hydrogen-bond donors (Lipinski definition) is 0. The van der Waals surface area contributed by atoms with Gasteiger partial charge in [-0.1, -0.05) is 37.9 Å². The summed E-state index contributed by atoms with van der Waals surface area (Å²) in [5.74, 6) is 1.62. The Labute approximate surface area is 100 Å². The second-order valence-corrected chi connectivity index (χ2v) is 5.81. The van der Waals surface area contributed by atoms with Gasteiger partial charge in [0.15, 0.2) is 5.16 Å². The molecule has 0 aromatic carbocycles. The van der Waals surface area contributed by atoms with Crippen LogP contribution in [0.2, 0.25) is 0 Å². The number of hydrogen-bond acceptors (Lipinski definition) is 4. The van der Waals surface area contributed by atoms with Crippen LogP contribution in [0.15, 0.2) is 5.16 Å². The molecule has 1 saturated carbocycles. The molecule has 0 spiro atoms. The number of thioether (sulfide) groups is 1. The molecule has 0 N–H and O–H groups in total. The van der Waals surface area contributed by atoms with Gasteiger partial charge >= 0.3 is 0 Å². The van der Waals surface area contributed by atoms with E-state index in [1.807, 2.05) is 6.26 Å². The molecule has 0 amide bonds. The number of nitrogens with zero attached hydrogens (tertiary/aromatic N) is 2. The van der Waals surface area contributed by atoms with E-state index < -0.39 is 0 Å². The molecular weight excluding hydrogens is 224 g/mol. The van der Waals surface area contributed by atoms with Crippen LogP contribution in [0.3, 0.4) is 0 Å². The van der Waals surface area contributed by atoms with Gasteiger partial charge in [-0.25, -0.2) is 4.98 Å². The van der Waals surface area contributed by atoms with Crippen LogP contribution in [0.25, 0.3) is 0 Å². The molecule has 0 aliphatic heterocycles. The Morgan fingerprint density at radius 1 is 1.47 bits per heavy atom. The minimum atomic E-state index is 0.696. The summed E-state index contributed by atoms with van der Waals surface area (Å²) in [5, 5.41) is 2.23. The monoisotopic (exact) mass is 242 g/mol.